The molecule has 3 rings (SSSR count). The zero-order valence-corrected chi connectivity index (χ0v) is 10.6. The van der Waals surface area contributed by atoms with Gasteiger partial charge in [-0.15, -0.1) is 0 Å². The van der Waals surface area contributed by atoms with E-state index in [1.807, 2.05) is 18.2 Å². The number of nitrogens with one attached hydrogen (secondary N) is 1. The summed E-state index contributed by atoms with van der Waals surface area (Å²) in [6, 6.07) is 4.70. The van der Waals surface area contributed by atoms with Gasteiger partial charge in [0.05, 0.1) is 12.0 Å². The van der Waals surface area contributed by atoms with Crippen molar-refractivity contribution in [2.75, 3.05) is 5.32 Å². The van der Waals surface area contributed by atoms with E-state index in [9.17, 15) is 14.7 Å². The third-order valence-corrected chi connectivity index (χ3v) is 4.02. The largest absolute Gasteiger partial charge is 0.548 e. The summed E-state index contributed by atoms with van der Waals surface area (Å²) in [7, 11) is 0. The molecule has 1 aromatic carbocycles. The molecule has 0 amide bonds. The molecule has 1 aliphatic heterocycles. The molecular formula is C15H14NO3-. The van der Waals surface area contributed by atoms with Crippen LogP contribution in [-0.4, -0.2) is 17.8 Å². The van der Waals surface area contributed by atoms with E-state index in [0.29, 0.717) is 5.56 Å². The van der Waals surface area contributed by atoms with Crippen LogP contribution in [0, 0.1) is 5.92 Å². The molecule has 1 aliphatic carbocycles. The Hall–Kier alpha value is -2.10. The summed E-state index contributed by atoms with van der Waals surface area (Å²) in [5.74, 6) is -1.03. The lowest BCUT2D eigenvalue weighted by Crippen LogP contribution is -2.48. The Morgan fingerprint density at radius 3 is 2.84 bits per heavy atom. The number of carbonyl (C=O) groups excluding carboxylic acids is 2. The first kappa shape index (κ1) is 12.0. The highest BCUT2D eigenvalue weighted by Crippen LogP contribution is 2.44. The van der Waals surface area contributed by atoms with Crippen molar-refractivity contribution in [1.29, 1.82) is 0 Å². The Labute approximate surface area is 111 Å². The molecule has 0 unspecified atom stereocenters. The van der Waals surface area contributed by atoms with Crippen LogP contribution in [0.1, 0.15) is 35.2 Å². The SMILES string of the molecule is CC(=O)c1ccc2c(c1)[C@H]1C=CC[C@H]1[C@H](C(=O)[O-])N2. The van der Waals surface area contributed by atoms with Crippen LogP contribution >= 0.6 is 0 Å². The number of Topliss-reactive ketones (excluding diaryl/α,β-unsaturated/α-hetero) is 1. The van der Waals surface area contributed by atoms with Crippen molar-refractivity contribution in [1.82, 2.24) is 0 Å². The topological polar surface area (TPSA) is 69.2 Å². The molecule has 0 aromatic heterocycles. The smallest absolute Gasteiger partial charge is 0.159 e. The molecule has 4 heteroatoms. The van der Waals surface area contributed by atoms with Gasteiger partial charge in [-0.25, -0.2) is 0 Å². The normalized spacial score (nSPS) is 27.3. The minimum atomic E-state index is -1.07. The lowest BCUT2D eigenvalue weighted by Gasteiger charge is -2.37. The number of hydrogen-bond donors (Lipinski definition) is 1. The van der Waals surface area contributed by atoms with Crippen LogP contribution in [0.3, 0.4) is 0 Å². The van der Waals surface area contributed by atoms with Gasteiger partial charge in [0.25, 0.3) is 0 Å². The quantitative estimate of drug-likeness (QED) is 0.635. The molecule has 4 nitrogen and oxygen atoms in total. The third kappa shape index (κ3) is 1.84. The second-order valence-corrected chi connectivity index (χ2v) is 5.15. The van der Waals surface area contributed by atoms with Crippen molar-refractivity contribution in [3.05, 3.63) is 41.5 Å². The minimum absolute atomic E-state index is 0.0170. The van der Waals surface area contributed by atoms with E-state index < -0.39 is 12.0 Å². The van der Waals surface area contributed by atoms with Crippen molar-refractivity contribution < 1.29 is 14.7 Å². The van der Waals surface area contributed by atoms with Crippen LogP contribution in [0.5, 0.6) is 0 Å². The molecule has 1 N–H and O–H groups in total. The van der Waals surface area contributed by atoms with Gasteiger partial charge in [0, 0.05) is 17.2 Å². The van der Waals surface area contributed by atoms with Crippen LogP contribution in [0.4, 0.5) is 5.69 Å². The second-order valence-electron chi connectivity index (χ2n) is 5.15. The highest BCUT2D eigenvalue weighted by molar-refractivity contribution is 5.95. The Morgan fingerprint density at radius 1 is 1.37 bits per heavy atom. The molecule has 19 heavy (non-hydrogen) atoms. The first-order chi connectivity index (χ1) is 9.08. The van der Waals surface area contributed by atoms with Gasteiger partial charge in [-0.05, 0) is 43.0 Å². The van der Waals surface area contributed by atoms with Gasteiger partial charge in [-0.1, -0.05) is 12.2 Å². The van der Waals surface area contributed by atoms with Crippen LogP contribution in [0.15, 0.2) is 30.4 Å². The Balaban J connectivity index is 2.08. The summed E-state index contributed by atoms with van der Waals surface area (Å²) >= 11 is 0. The molecule has 1 aromatic rings. The molecule has 1 heterocycles. The summed E-state index contributed by atoms with van der Waals surface area (Å²) < 4.78 is 0. The molecule has 0 fully saturated rings. The van der Waals surface area contributed by atoms with E-state index in [0.717, 1.165) is 17.7 Å². The summed E-state index contributed by atoms with van der Waals surface area (Å²) in [6.07, 6.45) is 4.76. The predicted octanol–water partition coefficient (Wildman–Crippen LogP) is 1.09. The number of aliphatic carboxylic acids is 1. The second kappa shape index (κ2) is 4.23. The maximum atomic E-state index is 11.5. The molecule has 0 radical (unpaired) electrons. The average molecular weight is 256 g/mol. The Morgan fingerprint density at radius 2 is 2.16 bits per heavy atom. The van der Waals surface area contributed by atoms with Crippen molar-refractivity contribution in [2.45, 2.75) is 25.3 Å². The number of carboxylic acid groups (broad SMARTS) is 1. The maximum Gasteiger partial charge on any atom is 0.159 e. The van der Waals surface area contributed by atoms with Gasteiger partial charge in [0.2, 0.25) is 0 Å². The van der Waals surface area contributed by atoms with E-state index in [1.54, 1.807) is 12.1 Å². The lowest BCUT2D eigenvalue weighted by molar-refractivity contribution is -0.308. The van der Waals surface area contributed by atoms with Crippen LogP contribution < -0.4 is 10.4 Å². The predicted molar refractivity (Wildman–Crippen MR) is 68.9 cm³/mol. The molecule has 3 atom stereocenters. The third-order valence-electron chi connectivity index (χ3n) is 4.02. The number of allylic oxidation sites excluding steroid dienone is 2. The zero-order valence-electron chi connectivity index (χ0n) is 10.6. The summed E-state index contributed by atoms with van der Waals surface area (Å²) in [6.45, 7) is 1.53. The Bertz CT molecular complexity index is 591. The summed E-state index contributed by atoms with van der Waals surface area (Å²) in [5.41, 5.74) is 2.45. The van der Waals surface area contributed by atoms with E-state index in [2.05, 4.69) is 5.32 Å². The highest BCUT2D eigenvalue weighted by atomic mass is 16.4. The number of anilines is 1. The van der Waals surface area contributed by atoms with Crippen LogP contribution in [-0.2, 0) is 4.79 Å². The van der Waals surface area contributed by atoms with E-state index >= 15 is 0 Å². The van der Waals surface area contributed by atoms with Crippen molar-refractivity contribution >= 4 is 17.4 Å². The fourth-order valence-corrected chi connectivity index (χ4v) is 3.05. The molecule has 0 bridgehead atoms. The summed E-state index contributed by atoms with van der Waals surface area (Å²) in [4.78, 5) is 22.7. The zero-order chi connectivity index (χ0) is 13.6. The van der Waals surface area contributed by atoms with Gasteiger partial charge < -0.3 is 15.2 Å². The van der Waals surface area contributed by atoms with Gasteiger partial charge in [0.1, 0.15) is 0 Å². The number of carboxylic acids is 1. The number of carbonyl (C=O) groups is 2. The van der Waals surface area contributed by atoms with Crippen LogP contribution in [0.25, 0.3) is 0 Å². The lowest BCUT2D eigenvalue weighted by atomic mass is 9.79. The fraction of sp³-hybridized carbons (Fsp3) is 0.333. The molecule has 2 aliphatic rings. The van der Waals surface area contributed by atoms with Gasteiger partial charge in [-0.2, -0.15) is 0 Å². The fourth-order valence-electron chi connectivity index (χ4n) is 3.05. The van der Waals surface area contributed by atoms with Crippen molar-refractivity contribution in [3.8, 4) is 0 Å². The van der Waals surface area contributed by atoms with Crippen LogP contribution in [0.2, 0.25) is 0 Å². The first-order valence-corrected chi connectivity index (χ1v) is 6.37. The average Bonchev–Trinajstić information content (AvgIpc) is 2.86. The number of hydrogen-bond acceptors (Lipinski definition) is 4. The number of fused-ring (bicyclic) bond motifs is 3. The van der Waals surface area contributed by atoms with Gasteiger partial charge in [0.15, 0.2) is 5.78 Å². The molecule has 0 saturated carbocycles. The number of ketones is 1. The standard InChI is InChI=1S/C15H15NO3/c1-8(17)9-5-6-13-12(7-9)10-3-2-4-11(10)14(16-13)15(18)19/h2-3,5-7,10-11,14,16H,4H2,1H3,(H,18,19)/p-1/t10-,11+,14+/m0/s1. The van der Waals surface area contributed by atoms with E-state index in [4.69, 9.17) is 0 Å². The molecule has 98 valence electrons. The monoisotopic (exact) mass is 256 g/mol. The van der Waals surface area contributed by atoms with E-state index in [1.165, 1.54) is 6.92 Å². The summed E-state index contributed by atoms with van der Waals surface area (Å²) in [5, 5.41) is 14.2. The highest BCUT2D eigenvalue weighted by Gasteiger charge is 2.37. The van der Waals surface area contributed by atoms with Crippen molar-refractivity contribution in [2.24, 2.45) is 5.92 Å². The number of rotatable bonds is 2. The van der Waals surface area contributed by atoms with Gasteiger partial charge in [-0.3, -0.25) is 4.79 Å². The van der Waals surface area contributed by atoms with Gasteiger partial charge >= 0.3 is 0 Å². The minimum Gasteiger partial charge on any atom is -0.548 e. The van der Waals surface area contributed by atoms with Crippen molar-refractivity contribution in [3.63, 3.8) is 0 Å². The Kier molecular flexibility index (Phi) is 2.66. The first-order valence-electron chi connectivity index (χ1n) is 6.37. The van der Waals surface area contributed by atoms with E-state index in [-0.39, 0.29) is 17.6 Å². The molecule has 0 saturated heterocycles. The maximum absolute atomic E-state index is 11.5. The molecule has 0 spiro atoms. The molecular weight excluding hydrogens is 242 g/mol. The number of benzene rings is 1.